The van der Waals surface area contributed by atoms with Crippen molar-refractivity contribution in [2.45, 2.75) is 24.7 Å². The molecule has 29 heavy (non-hydrogen) atoms. The highest BCUT2D eigenvalue weighted by atomic mass is 32.2. The van der Waals surface area contributed by atoms with Crippen LogP contribution in [0.2, 0.25) is 0 Å². The van der Waals surface area contributed by atoms with Gasteiger partial charge in [0.1, 0.15) is 6.61 Å². The van der Waals surface area contributed by atoms with E-state index in [1.807, 2.05) is 6.07 Å². The van der Waals surface area contributed by atoms with Gasteiger partial charge in [0.2, 0.25) is 5.91 Å². The molecule has 2 aromatic carbocycles. The standard InChI is InChI=1S/C20H23N3O5S/c1-14(24)21-16-7-9-18(10-8-16)29(26,27)22-17-6-5-15-4-3-11-23(19(15)12-17)20(25)13-28-2/h5-10,12,22H,3-4,11,13H2,1-2H3,(H,21,24). The minimum Gasteiger partial charge on any atom is -0.375 e. The monoisotopic (exact) mass is 417 g/mol. The number of rotatable bonds is 6. The summed E-state index contributed by atoms with van der Waals surface area (Å²) in [5.74, 6) is -0.401. The lowest BCUT2D eigenvalue weighted by Gasteiger charge is -2.30. The number of fused-ring (bicyclic) bond motifs is 1. The molecule has 3 rings (SSSR count). The van der Waals surface area contributed by atoms with Crippen molar-refractivity contribution in [3.8, 4) is 0 Å². The molecule has 0 spiro atoms. The van der Waals surface area contributed by atoms with Gasteiger partial charge in [-0.1, -0.05) is 6.07 Å². The van der Waals surface area contributed by atoms with E-state index in [0.29, 0.717) is 23.6 Å². The Hall–Kier alpha value is -2.91. The summed E-state index contributed by atoms with van der Waals surface area (Å²) < 4.78 is 32.9. The molecule has 0 aromatic heterocycles. The molecule has 0 atom stereocenters. The molecule has 0 bridgehead atoms. The third-order valence-corrected chi connectivity index (χ3v) is 5.91. The molecule has 9 heteroatoms. The quantitative estimate of drug-likeness (QED) is 0.751. The number of benzene rings is 2. The van der Waals surface area contributed by atoms with Crippen molar-refractivity contribution in [1.29, 1.82) is 0 Å². The first kappa shape index (κ1) is 20.8. The number of hydrogen-bond acceptors (Lipinski definition) is 5. The molecule has 8 nitrogen and oxygen atoms in total. The van der Waals surface area contributed by atoms with Crippen molar-refractivity contribution in [3.63, 3.8) is 0 Å². The highest BCUT2D eigenvalue weighted by Gasteiger charge is 2.23. The SMILES string of the molecule is COCC(=O)N1CCCc2ccc(NS(=O)(=O)c3ccc(NC(C)=O)cc3)cc21. The van der Waals surface area contributed by atoms with Crippen molar-refractivity contribution in [3.05, 3.63) is 48.0 Å². The molecule has 0 saturated heterocycles. The Morgan fingerprint density at radius 2 is 1.79 bits per heavy atom. The van der Waals surface area contributed by atoms with Gasteiger partial charge in [0.25, 0.3) is 15.9 Å². The average Bonchev–Trinajstić information content (AvgIpc) is 2.67. The van der Waals surface area contributed by atoms with Crippen molar-refractivity contribution in [2.24, 2.45) is 0 Å². The Morgan fingerprint density at radius 3 is 2.45 bits per heavy atom. The second-order valence-corrected chi connectivity index (χ2v) is 8.42. The average molecular weight is 417 g/mol. The zero-order chi connectivity index (χ0) is 21.0. The number of aryl methyl sites for hydroxylation is 1. The summed E-state index contributed by atoms with van der Waals surface area (Å²) in [6.45, 7) is 1.91. The van der Waals surface area contributed by atoms with Crippen molar-refractivity contribution < 1.29 is 22.7 Å². The van der Waals surface area contributed by atoms with Crippen molar-refractivity contribution in [2.75, 3.05) is 35.2 Å². The highest BCUT2D eigenvalue weighted by Crippen LogP contribution is 2.31. The van der Waals surface area contributed by atoms with Gasteiger partial charge in [0.05, 0.1) is 10.6 Å². The summed E-state index contributed by atoms with van der Waals surface area (Å²) >= 11 is 0. The minimum atomic E-state index is -3.82. The first-order valence-electron chi connectivity index (χ1n) is 9.13. The van der Waals surface area contributed by atoms with E-state index in [2.05, 4.69) is 10.0 Å². The first-order chi connectivity index (χ1) is 13.8. The van der Waals surface area contributed by atoms with Crippen LogP contribution in [0.25, 0.3) is 0 Å². The van der Waals surface area contributed by atoms with Crippen LogP contribution in [0.15, 0.2) is 47.4 Å². The number of hydrogen-bond donors (Lipinski definition) is 2. The topological polar surface area (TPSA) is 105 Å². The lowest BCUT2D eigenvalue weighted by atomic mass is 10.0. The van der Waals surface area contributed by atoms with Gasteiger partial charge >= 0.3 is 0 Å². The molecule has 1 aliphatic rings. The molecule has 154 valence electrons. The smallest absolute Gasteiger partial charge is 0.261 e. The first-order valence-corrected chi connectivity index (χ1v) is 10.6. The van der Waals surface area contributed by atoms with Gasteiger partial charge in [0.15, 0.2) is 0 Å². The van der Waals surface area contributed by atoms with Crippen LogP contribution in [0.4, 0.5) is 17.1 Å². The summed E-state index contributed by atoms with van der Waals surface area (Å²) in [7, 11) is -2.36. The molecule has 1 aliphatic heterocycles. The van der Waals surface area contributed by atoms with E-state index in [0.717, 1.165) is 18.4 Å². The van der Waals surface area contributed by atoms with Gasteiger partial charge < -0.3 is 15.0 Å². The molecule has 0 unspecified atom stereocenters. The second-order valence-electron chi connectivity index (χ2n) is 6.74. The highest BCUT2D eigenvalue weighted by molar-refractivity contribution is 7.92. The van der Waals surface area contributed by atoms with Crippen LogP contribution in [-0.4, -0.2) is 40.5 Å². The van der Waals surface area contributed by atoms with E-state index in [-0.39, 0.29) is 23.3 Å². The van der Waals surface area contributed by atoms with Gasteiger partial charge in [-0.15, -0.1) is 0 Å². The molecular weight excluding hydrogens is 394 g/mol. The van der Waals surface area contributed by atoms with Crippen LogP contribution < -0.4 is 14.9 Å². The van der Waals surface area contributed by atoms with E-state index in [1.54, 1.807) is 17.0 Å². The fourth-order valence-electron chi connectivity index (χ4n) is 3.23. The van der Waals surface area contributed by atoms with E-state index < -0.39 is 10.0 Å². The number of carbonyl (C=O) groups is 2. The fraction of sp³-hybridized carbons (Fsp3) is 0.300. The van der Waals surface area contributed by atoms with Crippen LogP contribution in [0.1, 0.15) is 18.9 Å². The number of carbonyl (C=O) groups excluding carboxylic acids is 2. The van der Waals surface area contributed by atoms with Crippen molar-refractivity contribution >= 4 is 38.9 Å². The van der Waals surface area contributed by atoms with E-state index >= 15 is 0 Å². The fourth-order valence-corrected chi connectivity index (χ4v) is 4.28. The molecule has 0 fully saturated rings. The summed E-state index contributed by atoms with van der Waals surface area (Å²) in [4.78, 5) is 25.1. The molecule has 2 aromatic rings. The third kappa shape index (κ3) is 4.93. The molecule has 0 saturated carbocycles. The van der Waals surface area contributed by atoms with Crippen LogP contribution in [0.5, 0.6) is 0 Å². The minimum absolute atomic E-state index is 0.0317. The zero-order valence-corrected chi connectivity index (χ0v) is 17.1. The van der Waals surface area contributed by atoms with E-state index in [9.17, 15) is 18.0 Å². The number of nitrogens with one attached hydrogen (secondary N) is 2. The molecule has 0 aliphatic carbocycles. The lowest BCUT2D eigenvalue weighted by molar-refractivity contribution is -0.122. The maximum Gasteiger partial charge on any atom is 0.261 e. The number of anilines is 3. The Morgan fingerprint density at radius 1 is 1.10 bits per heavy atom. The van der Waals surface area contributed by atoms with Gasteiger partial charge in [-0.05, 0) is 54.8 Å². The van der Waals surface area contributed by atoms with Crippen LogP contribution in [-0.2, 0) is 30.8 Å². The predicted molar refractivity (Wildman–Crippen MR) is 111 cm³/mol. The van der Waals surface area contributed by atoms with Crippen LogP contribution >= 0.6 is 0 Å². The van der Waals surface area contributed by atoms with E-state index in [1.165, 1.54) is 38.3 Å². The summed E-state index contributed by atoms with van der Waals surface area (Å²) in [6.07, 6.45) is 1.66. The zero-order valence-electron chi connectivity index (χ0n) is 16.3. The largest absolute Gasteiger partial charge is 0.375 e. The Balaban J connectivity index is 1.83. The van der Waals surface area contributed by atoms with E-state index in [4.69, 9.17) is 4.74 Å². The van der Waals surface area contributed by atoms with Crippen LogP contribution in [0.3, 0.4) is 0 Å². The Kier molecular flexibility index (Phi) is 6.19. The lowest BCUT2D eigenvalue weighted by Crippen LogP contribution is -2.37. The number of methoxy groups -OCH3 is 1. The predicted octanol–water partition coefficient (Wildman–Crippen LogP) is 2.37. The van der Waals surface area contributed by atoms with Gasteiger partial charge in [-0.2, -0.15) is 0 Å². The maximum absolute atomic E-state index is 12.7. The van der Waals surface area contributed by atoms with Gasteiger partial charge in [-0.25, -0.2) is 8.42 Å². The number of amides is 2. The summed E-state index contributed by atoms with van der Waals surface area (Å²) in [6, 6.07) is 11.1. The van der Waals surface area contributed by atoms with Crippen LogP contribution in [0, 0.1) is 0 Å². The molecule has 2 N–H and O–H groups in total. The molecule has 1 heterocycles. The Bertz CT molecular complexity index is 1020. The normalized spacial score (nSPS) is 13.5. The number of nitrogens with zero attached hydrogens (tertiary/aromatic N) is 1. The van der Waals surface area contributed by atoms with Crippen molar-refractivity contribution in [1.82, 2.24) is 0 Å². The summed E-state index contributed by atoms with van der Waals surface area (Å²) in [5, 5.41) is 2.59. The molecular formula is C20H23N3O5S. The number of ether oxygens (including phenoxy) is 1. The summed E-state index contributed by atoms with van der Waals surface area (Å²) in [5.41, 5.74) is 2.56. The number of sulfonamides is 1. The molecule has 0 radical (unpaired) electrons. The molecule has 2 amide bonds. The van der Waals surface area contributed by atoms with Gasteiger partial charge in [-0.3, -0.25) is 14.3 Å². The third-order valence-electron chi connectivity index (χ3n) is 4.51. The maximum atomic E-state index is 12.7. The Labute approximate surface area is 169 Å². The second kappa shape index (κ2) is 8.62. The van der Waals surface area contributed by atoms with Gasteiger partial charge in [0, 0.05) is 32.0 Å².